The van der Waals surface area contributed by atoms with E-state index in [2.05, 4.69) is 10.2 Å². The van der Waals surface area contributed by atoms with Crippen molar-refractivity contribution in [1.29, 1.82) is 0 Å². The average molecular weight is 197 g/mol. The number of nitrogens with two attached hydrogens (primary N) is 1. The molecule has 0 unspecified atom stereocenters. The number of nitrogens with zero attached hydrogens (tertiary/aromatic N) is 3. The van der Waals surface area contributed by atoms with Gasteiger partial charge in [-0.2, -0.15) is 0 Å². The van der Waals surface area contributed by atoms with Gasteiger partial charge in [-0.05, 0) is 13.0 Å². The Hall–Kier alpha value is -1.29. The lowest BCUT2D eigenvalue weighted by molar-refractivity contribution is 0.780. The van der Waals surface area contributed by atoms with Crippen LogP contribution in [0.15, 0.2) is 12.3 Å². The first-order valence-electron chi connectivity index (χ1n) is 4.00. The van der Waals surface area contributed by atoms with Crippen molar-refractivity contribution < 1.29 is 0 Å². The Morgan fingerprint density at radius 1 is 1.54 bits per heavy atom. The summed E-state index contributed by atoms with van der Waals surface area (Å²) >= 11 is 5.98. The highest BCUT2D eigenvalue weighted by molar-refractivity contribution is 6.35. The molecule has 0 atom stereocenters. The van der Waals surface area contributed by atoms with Crippen LogP contribution < -0.4 is 5.73 Å². The number of fused-ring (bicyclic) bond motifs is 1. The normalized spacial score (nSPS) is 10.9. The molecule has 2 aromatic rings. The Bertz CT molecular complexity index is 449. The molecule has 0 fully saturated rings. The topological polar surface area (TPSA) is 56.7 Å². The summed E-state index contributed by atoms with van der Waals surface area (Å²) in [5, 5.41) is 9.28. The molecule has 0 radical (unpaired) electrons. The first kappa shape index (κ1) is 8.31. The van der Waals surface area contributed by atoms with Gasteiger partial charge in [0.1, 0.15) is 5.82 Å². The summed E-state index contributed by atoms with van der Waals surface area (Å²) in [5.74, 6) is 0.392. The highest BCUT2D eigenvalue weighted by Gasteiger charge is 2.07. The SMILES string of the molecule is CCn1cc(Cl)c2cc(N)nnc21. The summed E-state index contributed by atoms with van der Waals surface area (Å²) in [4.78, 5) is 0. The zero-order valence-corrected chi connectivity index (χ0v) is 7.91. The van der Waals surface area contributed by atoms with E-state index in [-0.39, 0.29) is 0 Å². The van der Waals surface area contributed by atoms with Crippen LogP contribution in [0.3, 0.4) is 0 Å². The molecule has 0 amide bonds. The second kappa shape index (κ2) is 2.88. The molecule has 13 heavy (non-hydrogen) atoms. The van der Waals surface area contributed by atoms with E-state index >= 15 is 0 Å². The van der Waals surface area contributed by atoms with Crippen LogP contribution in [-0.2, 0) is 6.54 Å². The lowest BCUT2D eigenvalue weighted by Gasteiger charge is -1.97. The van der Waals surface area contributed by atoms with Gasteiger partial charge in [-0.25, -0.2) is 0 Å². The van der Waals surface area contributed by atoms with E-state index in [1.807, 2.05) is 17.7 Å². The van der Waals surface area contributed by atoms with Crippen LogP contribution in [-0.4, -0.2) is 14.8 Å². The molecular weight excluding hydrogens is 188 g/mol. The summed E-state index contributed by atoms with van der Waals surface area (Å²) in [7, 11) is 0. The van der Waals surface area contributed by atoms with Gasteiger partial charge in [0.2, 0.25) is 0 Å². The maximum absolute atomic E-state index is 5.98. The number of rotatable bonds is 1. The zero-order chi connectivity index (χ0) is 9.42. The van der Waals surface area contributed by atoms with Crippen molar-refractivity contribution in [1.82, 2.24) is 14.8 Å². The van der Waals surface area contributed by atoms with Crippen LogP contribution >= 0.6 is 11.6 Å². The summed E-state index contributed by atoms with van der Waals surface area (Å²) in [5.41, 5.74) is 6.28. The van der Waals surface area contributed by atoms with Crippen molar-refractivity contribution in [2.24, 2.45) is 0 Å². The van der Waals surface area contributed by atoms with Crippen LogP contribution in [0.4, 0.5) is 5.82 Å². The fourth-order valence-corrected chi connectivity index (χ4v) is 1.55. The maximum Gasteiger partial charge on any atom is 0.164 e. The molecule has 0 aliphatic rings. The van der Waals surface area contributed by atoms with Gasteiger partial charge in [0.05, 0.1) is 5.02 Å². The minimum absolute atomic E-state index is 0.392. The monoisotopic (exact) mass is 196 g/mol. The summed E-state index contributed by atoms with van der Waals surface area (Å²) in [6.07, 6.45) is 1.83. The molecule has 0 spiro atoms. The van der Waals surface area contributed by atoms with E-state index in [0.717, 1.165) is 17.6 Å². The molecule has 0 aromatic carbocycles. The van der Waals surface area contributed by atoms with Gasteiger partial charge < -0.3 is 10.3 Å². The van der Waals surface area contributed by atoms with E-state index in [1.165, 1.54) is 0 Å². The molecule has 2 N–H and O–H groups in total. The zero-order valence-electron chi connectivity index (χ0n) is 7.16. The second-order valence-electron chi connectivity index (χ2n) is 2.77. The number of anilines is 1. The fraction of sp³-hybridized carbons (Fsp3) is 0.250. The third-order valence-corrected chi connectivity index (χ3v) is 2.23. The van der Waals surface area contributed by atoms with Gasteiger partial charge >= 0.3 is 0 Å². The Labute approximate surface area is 80.3 Å². The minimum atomic E-state index is 0.392. The van der Waals surface area contributed by atoms with Gasteiger partial charge in [0.25, 0.3) is 0 Å². The van der Waals surface area contributed by atoms with Crippen molar-refractivity contribution in [3.05, 3.63) is 17.3 Å². The summed E-state index contributed by atoms with van der Waals surface area (Å²) < 4.78 is 1.93. The van der Waals surface area contributed by atoms with E-state index in [4.69, 9.17) is 17.3 Å². The number of hydrogen-bond acceptors (Lipinski definition) is 3. The van der Waals surface area contributed by atoms with Crippen molar-refractivity contribution >= 4 is 28.5 Å². The molecule has 4 nitrogen and oxygen atoms in total. The lowest BCUT2D eigenvalue weighted by Crippen LogP contribution is -1.97. The standard InChI is InChI=1S/C8H9ClN4/c1-2-13-4-6(9)5-3-7(10)11-12-8(5)13/h3-4H,2H2,1H3,(H2,10,11). The Kier molecular flexibility index (Phi) is 1.84. The Morgan fingerprint density at radius 2 is 2.31 bits per heavy atom. The molecule has 0 aliphatic carbocycles. The fourth-order valence-electron chi connectivity index (χ4n) is 1.30. The van der Waals surface area contributed by atoms with Crippen LogP contribution in [0.2, 0.25) is 5.02 Å². The van der Waals surface area contributed by atoms with Gasteiger partial charge in [0.15, 0.2) is 5.65 Å². The molecule has 2 aromatic heterocycles. The van der Waals surface area contributed by atoms with Crippen LogP contribution in [0.25, 0.3) is 11.0 Å². The third-order valence-electron chi connectivity index (χ3n) is 1.93. The molecule has 0 aliphatic heterocycles. The van der Waals surface area contributed by atoms with Gasteiger partial charge in [0, 0.05) is 18.1 Å². The number of hydrogen-bond donors (Lipinski definition) is 1. The molecule has 2 rings (SSSR count). The van der Waals surface area contributed by atoms with Crippen molar-refractivity contribution in [2.75, 3.05) is 5.73 Å². The third kappa shape index (κ3) is 1.23. The first-order chi connectivity index (χ1) is 6.22. The molecule has 68 valence electrons. The molecule has 5 heteroatoms. The first-order valence-corrected chi connectivity index (χ1v) is 4.37. The quantitative estimate of drug-likeness (QED) is 0.755. The van der Waals surface area contributed by atoms with E-state index in [9.17, 15) is 0 Å². The number of halogens is 1. The Morgan fingerprint density at radius 3 is 3.00 bits per heavy atom. The highest BCUT2D eigenvalue weighted by atomic mass is 35.5. The lowest BCUT2D eigenvalue weighted by atomic mass is 10.4. The van der Waals surface area contributed by atoms with Crippen molar-refractivity contribution in [2.45, 2.75) is 13.5 Å². The average Bonchev–Trinajstić information content (AvgIpc) is 2.43. The highest BCUT2D eigenvalue weighted by Crippen LogP contribution is 2.24. The maximum atomic E-state index is 5.98. The predicted molar refractivity (Wildman–Crippen MR) is 52.6 cm³/mol. The van der Waals surface area contributed by atoms with Gasteiger partial charge in [-0.1, -0.05) is 11.6 Å². The van der Waals surface area contributed by atoms with Crippen LogP contribution in [0.1, 0.15) is 6.92 Å². The van der Waals surface area contributed by atoms with E-state index in [1.54, 1.807) is 6.07 Å². The summed E-state index contributed by atoms with van der Waals surface area (Å²) in [6, 6.07) is 1.73. The number of aryl methyl sites for hydroxylation is 1. The molecule has 0 saturated heterocycles. The van der Waals surface area contributed by atoms with Crippen LogP contribution in [0, 0.1) is 0 Å². The second-order valence-corrected chi connectivity index (χ2v) is 3.18. The predicted octanol–water partition coefficient (Wildman–Crippen LogP) is 1.69. The van der Waals surface area contributed by atoms with Crippen LogP contribution in [0.5, 0.6) is 0 Å². The smallest absolute Gasteiger partial charge is 0.164 e. The Balaban J connectivity index is 2.80. The molecular formula is C8H9ClN4. The summed E-state index contributed by atoms with van der Waals surface area (Å²) in [6.45, 7) is 2.84. The minimum Gasteiger partial charge on any atom is -0.382 e. The van der Waals surface area contributed by atoms with E-state index in [0.29, 0.717) is 10.8 Å². The molecule has 0 saturated carbocycles. The van der Waals surface area contributed by atoms with Gasteiger partial charge in [-0.15, -0.1) is 10.2 Å². The van der Waals surface area contributed by atoms with Crippen molar-refractivity contribution in [3.8, 4) is 0 Å². The number of nitrogen functional groups attached to an aromatic ring is 1. The van der Waals surface area contributed by atoms with Gasteiger partial charge in [-0.3, -0.25) is 0 Å². The molecule has 2 heterocycles. The number of aromatic nitrogens is 3. The largest absolute Gasteiger partial charge is 0.382 e. The molecule has 0 bridgehead atoms. The van der Waals surface area contributed by atoms with E-state index < -0.39 is 0 Å². The van der Waals surface area contributed by atoms with Crippen molar-refractivity contribution in [3.63, 3.8) is 0 Å².